The summed E-state index contributed by atoms with van der Waals surface area (Å²) in [4.78, 5) is 11.1. The minimum Gasteiger partial charge on any atom is -0.458 e. The zero-order chi connectivity index (χ0) is 10.5. The number of esters is 1. The van der Waals surface area contributed by atoms with Gasteiger partial charge in [0, 0.05) is 20.1 Å². The smallest absolute Gasteiger partial charge is 0.335 e. The van der Waals surface area contributed by atoms with Crippen LogP contribution >= 0.6 is 0 Å². The van der Waals surface area contributed by atoms with Crippen LogP contribution in [0.2, 0.25) is 0 Å². The van der Waals surface area contributed by atoms with Gasteiger partial charge in [-0.05, 0) is 20.8 Å². The number of aliphatic hydroxyl groups excluding tert-OH is 1. The molecule has 0 aliphatic carbocycles. The van der Waals surface area contributed by atoms with Crippen LogP contribution in [0.3, 0.4) is 0 Å². The molecule has 1 atom stereocenters. The van der Waals surface area contributed by atoms with E-state index in [1.807, 2.05) is 0 Å². The maximum absolute atomic E-state index is 11.1. The molecule has 0 saturated carbocycles. The number of carbonyl (C=O) groups excluding carboxylic acids is 1. The molecule has 0 rings (SSSR count). The standard InChI is InChI=1S/C9H18O4/c1-9(2,3)13-8(11)7(10)5-6-12-4/h7,10H,5-6H2,1-4H3. The van der Waals surface area contributed by atoms with Crippen molar-refractivity contribution < 1.29 is 19.4 Å². The number of carbonyl (C=O) groups is 1. The number of aliphatic hydroxyl groups is 1. The van der Waals surface area contributed by atoms with E-state index in [1.165, 1.54) is 7.11 Å². The summed E-state index contributed by atoms with van der Waals surface area (Å²) in [5.74, 6) is -0.593. The zero-order valence-electron chi connectivity index (χ0n) is 8.66. The van der Waals surface area contributed by atoms with Crippen molar-refractivity contribution in [3.8, 4) is 0 Å². The molecule has 0 aromatic carbocycles. The highest BCUT2D eigenvalue weighted by molar-refractivity contribution is 5.74. The van der Waals surface area contributed by atoms with Gasteiger partial charge in [0.15, 0.2) is 6.10 Å². The lowest BCUT2D eigenvalue weighted by atomic mass is 10.2. The molecule has 0 fully saturated rings. The monoisotopic (exact) mass is 190 g/mol. The van der Waals surface area contributed by atoms with Crippen molar-refractivity contribution in [2.24, 2.45) is 0 Å². The predicted octanol–water partition coefficient (Wildman–Crippen LogP) is 0.725. The summed E-state index contributed by atoms with van der Waals surface area (Å²) in [5.41, 5.74) is -0.550. The van der Waals surface area contributed by atoms with Crippen molar-refractivity contribution in [3.05, 3.63) is 0 Å². The lowest BCUT2D eigenvalue weighted by Crippen LogP contribution is -2.32. The van der Waals surface area contributed by atoms with Gasteiger partial charge in [-0.25, -0.2) is 4.79 Å². The quantitative estimate of drug-likeness (QED) is 0.664. The largest absolute Gasteiger partial charge is 0.458 e. The first kappa shape index (κ1) is 12.4. The molecule has 0 aromatic heterocycles. The summed E-state index contributed by atoms with van der Waals surface area (Å²) in [5, 5.41) is 9.26. The van der Waals surface area contributed by atoms with Gasteiger partial charge in [0.2, 0.25) is 0 Å². The second kappa shape index (κ2) is 5.19. The SMILES string of the molecule is COCCC(O)C(=O)OC(C)(C)C. The van der Waals surface area contributed by atoms with Gasteiger partial charge < -0.3 is 14.6 Å². The normalized spacial score (nSPS) is 13.9. The zero-order valence-corrected chi connectivity index (χ0v) is 8.66. The molecule has 0 aromatic rings. The molecule has 0 spiro atoms. The van der Waals surface area contributed by atoms with Crippen LogP contribution in [0.5, 0.6) is 0 Å². The minimum atomic E-state index is -1.08. The van der Waals surface area contributed by atoms with Gasteiger partial charge in [-0.3, -0.25) is 0 Å². The van der Waals surface area contributed by atoms with E-state index in [0.29, 0.717) is 6.61 Å². The van der Waals surface area contributed by atoms with Gasteiger partial charge in [0.25, 0.3) is 0 Å². The summed E-state index contributed by atoms with van der Waals surface area (Å²) >= 11 is 0. The Morgan fingerprint density at radius 1 is 1.46 bits per heavy atom. The van der Waals surface area contributed by atoms with Crippen molar-refractivity contribution in [3.63, 3.8) is 0 Å². The highest BCUT2D eigenvalue weighted by Crippen LogP contribution is 2.09. The average Bonchev–Trinajstić information content (AvgIpc) is 1.96. The molecule has 78 valence electrons. The number of hydrogen-bond acceptors (Lipinski definition) is 4. The summed E-state index contributed by atoms with van der Waals surface area (Å²) in [7, 11) is 1.52. The van der Waals surface area contributed by atoms with E-state index in [4.69, 9.17) is 9.47 Å². The first-order valence-electron chi connectivity index (χ1n) is 4.26. The van der Waals surface area contributed by atoms with E-state index >= 15 is 0 Å². The Kier molecular flexibility index (Phi) is 4.95. The van der Waals surface area contributed by atoms with Gasteiger partial charge in [0.05, 0.1) is 0 Å². The Balaban J connectivity index is 3.83. The molecule has 0 heterocycles. The van der Waals surface area contributed by atoms with Crippen LogP contribution in [0.4, 0.5) is 0 Å². The van der Waals surface area contributed by atoms with E-state index in [0.717, 1.165) is 0 Å². The van der Waals surface area contributed by atoms with E-state index in [1.54, 1.807) is 20.8 Å². The molecule has 0 aliphatic rings. The predicted molar refractivity (Wildman–Crippen MR) is 48.3 cm³/mol. The molecule has 13 heavy (non-hydrogen) atoms. The van der Waals surface area contributed by atoms with Crippen LogP contribution in [-0.2, 0) is 14.3 Å². The number of rotatable bonds is 4. The van der Waals surface area contributed by atoms with Gasteiger partial charge in [-0.2, -0.15) is 0 Å². The van der Waals surface area contributed by atoms with Gasteiger partial charge in [-0.15, -0.1) is 0 Å². The second-order valence-electron chi connectivity index (χ2n) is 3.83. The summed E-state index contributed by atoms with van der Waals surface area (Å²) < 4.78 is 9.68. The number of methoxy groups -OCH3 is 1. The van der Waals surface area contributed by atoms with E-state index in [2.05, 4.69) is 0 Å². The topological polar surface area (TPSA) is 55.8 Å². The van der Waals surface area contributed by atoms with Gasteiger partial charge >= 0.3 is 5.97 Å². The molecule has 1 N–H and O–H groups in total. The van der Waals surface area contributed by atoms with E-state index in [-0.39, 0.29) is 6.42 Å². The fourth-order valence-electron chi connectivity index (χ4n) is 0.717. The third-order valence-corrected chi connectivity index (χ3v) is 1.27. The lowest BCUT2D eigenvalue weighted by molar-refractivity contribution is -0.165. The highest BCUT2D eigenvalue weighted by atomic mass is 16.6. The first-order valence-corrected chi connectivity index (χ1v) is 4.26. The van der Waals surface area contributed by atoms with Crippen LogP contribution in [0.15, 0.2) is 0 Å². The van der Waals surface area contributed by atoms with E-state index < -0.39 is 17.7 Å². The van der Waals surface area contributed by atoms with Crippen LogP contribution in [0.1, 0.15) is 27.2 Å². The molecule has 4 heteroatoms. The van der Waals surface area contributed by atoms with Crippen molar-refractivity contribution in [1.29, 1.82) is 0 Å². The van der Waals surface area contributed by atoms with Crippen LogP contribution < -0.4 is 0 Å². The molecular formula is C9H18O4. The third kappa shape index (κ3) is 6.54. The Morgan fingerprint density at radius 2 is 2.00 bits per heavy atom. The maximum atomic E-state index is 11.1. The van der Waals surface area contributed by atoms with Gasteiger partial charge in [0.1, 0.15) is 5.60 Å². The fraction of sp³-hybridized carbons (Fsp3) is 0.889. The molecular weight excluding hydrogens is 172 g/mol. The molecule has 0 bridgehead atoms. The second-order valence-corrected chi connectivity index (χ2v) is 3.83. The van der Waals surface area contributed by atoms with Crippen molar-refractivity contribution >= 4 is 5.97 Å². The minimum absolute atomic E-state index is 0.269. The van der Waals surface area contributed by atoms with Crippen LogP contribution in [0.25, 0.3) is 0 Å². The van der Waals surface area contributed by atoms with Crippen LogP contribution in [-0.4, -0.2) is 36.5 Å². The van der Waals surface area contributed by atoms with Gasteiger partial charge in [-0.1, -0.05) is 0 Å². The molecule has 0 amide bonds. The molecule has 0 radical (unpaired) electrons. The molecule has 0 saturated heterocycles. The Morgan fingerprint density at radius 3 is 2.38 bits per heavy atom. The van der Waals surface area contributed by atoms with Crippen LogP contribution in [0, 0.1) is 0 Å². The Bertz CT molecular complexity index is 159. The van der Waals surface area contributed by atoms with Crippen molar-refractivity contribution in [1.82, 2.24) is 0 Å². The maximum Gasteiger partial charge on any atom is 0.335 e. The molecule has 1 unspecified atom stereocenters. The third-order valence-electron chi connectivity index (χ3n) is 1.27. The number of hydrogen-bond donors (Lipinski definition) is 1. The number of ether oxygens (including phenoxy) is 2. The van der Waals surface area contributed by atoms with E-state index in [9.17, 15) is 9.90 Å². The Labute approximate surface area is 78.8 Å². The van der Waals surface area contributed by atoms with Crippen molar-refractivity contribution in [2.75, 3.05) is 13.7 Å². The molecule has 0 aliphatic heterocycles. The van der Waals surface area contributed by atoms with Crippen molar-refractivity contribution in [2.45, 2.75) is 38.9 Å². The highest BCUT2D eigenvalue weighted by Gasteiger charge is 2.22. The molecule has 4 nitrogen and oxygen atoms in total. The summed E-state index contributed by atoms with van der Waals surface area (Å²) in [6, 6.07) is 0. The summed E-state index contributed by atoms with van der Waals surface area (Å²) in [6.07, 6.45) is -0.815. The first-order chi connectivity index (χ1) is 5.87. The lowest BCUT2D eigenvalue weighted by Gasteiger charge is -2.21. The summed E-state index contributed by atoms with van der Waals surface area (Å²) in [6.45, 7) is 5.62. The average molecular weight is 190 g/mol. The Hall–Kier alpha value is -0.610. The fourth-order valence-corrected chi connectivity index (χ4v) is 0.717.